The fourth-order valence-electron chi connectivity index (χ4n) is 2.56. The number of nitrogens with zero attached hydrogens (tertiary/aromatic N) is 1. The monoisotopic (exact) mass is 286 g/mol. The maximum atomic E-state index is 12.2. The number of rotatable bonds is 11. The number of ether oxygens (including phenoxy) is 1. The van der Waals surface area contributed by atoms with Gasteiger partial charge in [-0.1, -0.05) is 13.8 Å². The lowest BCUT2D eigenvalue weighted by atomic mass is 9.94. The molecule has 1 N–H and O–H groups in total. The van der Waals surface area contributed by atoms with E-state index in [-0.39, 0.29) is 12.0 Å². The molecule has 0 bridgehead atoms. The number of hydrogen-bond acceptors (Lipinski definition) is 4. The lowest BCUT2D eigenvalue weighted by Gasteiger charge is -2.31. The first-order chi connectivity index (χ1) is 9.39. The summed E-state index contributed by atoms with van der Waals surface area (Å²) in [6.07, 6.45) is 2.99. The van der Waals surface area contributed by atoms with Crippen molar-refractivity contribution < 1.29 is 9.53 Å². The second-order valence-electron chi connectivity index (χ2n) is 5.89. The highest BCUT2D eigenvalue weighted by atomic mass is 16.5. The number of esters is 1. The topological polar surface area (TPSA) is 41.6 Å². The molecule has 0 aromatic carbocycles. The van der Waals surface area contributed by atoms with Crippen molar-refractivity contribution in [1.82, 2.24) is 10.2 Å². The minimum Gasteiger partial charge on any atom is -0.465 e. The van der Waals surface area contributed by atoms with Gasteiger partial charge in [0.05, 0.1) is 6.61 Å². The van der Waals surface area contributed by atoms with Crippen LogP contribution in [0, 0.1) is 0 Å². The van der Waals surface area contributed by atoms with Gasteiger partial charge in [0.2, 0.25) is 0 Å². The summed E-state index contributed by atoms with van der Waals surface area (Å²) in [5, 5.41) is 3.37. The van der Waals surface area contributed by atoms with Gasteiger partial charge in [-0.15, -0.1) is 0 Å². The number of carbonyl (C=O) groups excluding carboxylic acids is 1. The van der Waals surface area contributed by atoms with E-state index in [9.17, 15) is 4.79 Å². The highest BCUT2D eigenvalue weighted by Gasteiger charge is 2.34. The molecule has 1 unspecified atom stereocenters. The summed E-state index contributed by atoms with van der Waals surface area (Å²) < 4.78 is 5.22. The van der Waals surface area contributed by atoms with Crippen LogP contribution in [-0.2, 0) is 9.53 Å². The summed E-state index contributed by atoms with van der Waals surface area (Å²) in [6, 6.07) is 0.266. The van der Waals surface area contributed by atoms with Gasteiger partial charge in [-0.2, -0.15) is 0 Å². The zero-order chi connectivity index (χ0) is 15.6. The normalized spacial score (nSPS) is 14.6. The molecule has 0 aliphatic rings. The fraction of sp³-hybridized carbons (Fsp3) is 0.938. The van der Waals surface area contributed by atoms with Crippen LogP contribution in [0.3, 0.4) is 0 Å². The lowest BCUT2D eigenvalue weighted by Crippen LogP contribution is -2.53. The highest BCUT2D eigenvalue weighted by molar-refractivity contribution is 5.80. The number of carbonyl (C=O) groups is 1. The second-order valence-corrected chi connectivity index (χ2v) is 5.89. The summed E-state index contributed by atoms with van der Waals surface area (Å²) in [4.78, 5) is 14.6. The maximum absolute atomic E-state index is 12.2. The molecule has 0 radical (unpaired) electrons. The molecule has 0 aromatic rings. The summed E-state index contributed by atoms with van der Waals surface area (Å²) in [5.74, 6) is -0.132. The van der Waals surface area contributed by atoms with Gasteiger partial charge in [-0.05, 0) is 66.6 Å². The summed E-state index contributed by atoms with van der Waals surface area (Å²) in [5.41, 5.74) is -0.574. The molecule has 0 aliphatic carbocycles. The van der Waals surface area contributed by atoms with Crippen molar-refractivity contribution in [3.63, 3.8) is 0 Å². The highest BCUT2D eigenvalue weighted by Crippen LogP contribution is 2.16. The average molecular weight is 286 g/mol. The lowest BCUT2D eigenvalue weighted by molar-refractivity contribution is -0.151. The van der Waals surface area contributed by atoms with Crippen LogP contribution in [-0.4, -0.2) is 48.7 Å². The number of nitrogens with one attached hydrogen (secondary N) is 1. The Kier molecular flexibility index (Phi) is 9.86. The molecule has 0 aliphatic heterocycles. The molecular formula is C16H34N2O2. The first-order valence-corrected chi connectivity index (χ1v) is 8.06. The molecule has 20 heavy (non-hydrogen) atoms. The van der Waals surface area contributed by atoms with E-state index >= 15 is 0 Å². The van der Waals surface area contributed by atoms with Crippen molar-refractivity contribution in [1.29, 1.82) is 0 Å². The quantitative estimate of drug-likeness (QED) is 0.593. The van der Waals surface area contributed by atoms with Crippen molar-refractivity contribution in [3.05, 3.63) is 0 Å². The van der Waals surface area contributed by atoms with Crippen LogP contribution in [0.5, 0.6) is 0 Å². The van der Waals surface area contributed by atoms with E-state index in [1.54, 1.807) is 0 Å². The largest absolute Gasteiger partial charge is 0.465 e. The average Bonchev–Trinajstić information content (AvgIpc) is 2.37. The van der Waals surface area contributed by atoms with E-state index in [1.165, 1.54) is 6.42 Å². The van der Waals surface area contributed by atoms with Crippen LogP contribution in [0.2, 0.25) is 0 Å². The zero-order valence-corrected chi connectivity index (χ0v) is 14.3. The SMILES string of the molecule is CCCN(CC)CCCC(C)(NC(C)C)C(=O)OCC. The van der Waals surface area contributed by atoms with Crippen molar-refractivity contribution in [3.8, 4) is 0 Å². The number of hydrogen-bond donors (Lipinski definition) is 1. The Balaban J connectivity index is 4.46. The molecule has 4 nitrogen and oxygen atoms in total. The van der Waals surface area contributed by atoms with Gasteiger partial charge in [0.15, 0.2) is 0 Å². The maximum Gasteiger partial charge on any atom is 0.326 e. The van der Waals surface area contributed by atoms with Gasteiger partial charge in [0, 0.05) is 6.04 Å². The van der Waals surface area contributed by atoms with Gasteiger partial charge < -0.3 is 9.64 Å². The third-order valence-corrected chi connectivity index (χ3v) is 3.47. The Morgan fingerprint density at radius 2 is 1.90 bits per heavy atom. The molecule has 120 valence electrons. The predicted molar refractivity (Wildman–Crippen MR) is 84.9 cm³/mol. The molecule has 1 atom stereocenters. The Morgan fingerprint density at radius 3 is 2.35 bits per heavy atom. The molecule has 0 heterocycles. The van der Waals surface area contributed by atoms with Crippen LogP contribution < -0.4 is 5.32 Å². The van der Waals surface area contributed by atoms with Crippen LogP contribution in [0.1, 0.15) is 60.8 Å². The van der Waals surface area contributed by atoms with Crippen molar-refractivity contribution >= 4 is 5.97 Å². The van der Waals surface area contributed by atoms with Crippen LogP contribution in [0.25, 0.3) is 0 Å². The van der Waals surface area contributed by atoms with Crippen LogP contribution in [0.15, 0.2) is 0 Å². The van der Waals surface area contributed by atoms with Crippen LogP contribution >= 0.6 is 0 Å². The molecule has 4 heteroatoms. The minimum absolute atomic E-state index is 0.132. The molecular weight excluding hydrogens is 252 g/mol. The van der Waals surface area contributed by atoms with E-state index in [0.29, 0.717) is 6.61 Å². The Bertz CT molecular complexity index is 269. The Hall–Kier alpha value is -0.610. The smallest absolute Gasteiger partial charge is 0.326 e. The van der Waals surface area contributed by atoms with Crippen molar-refractivity contribution in [2.24, 2.45) is 0 Å². The molecule has 0 saturated carbocycles. The van der Waals surface area contributed by atoms with E-state index in [4.69, 9.17) is 4.74 Å². The second kappa shape index (κ2) is 10.2. The molecule has 0 rings (SSSR count). The van der Waals surface area contributed by atoms with Gasteiger partial charge in [-0.3, -0.25) is 10.1 Å². The fourth-order valence-corrected chi connectivity index (χ4v) is 2.56. The van der Waals surface area contributed by atoms with Gasteiger partial charge >= 0.3 is 5.97 Å². The van der Waals surface area contributed by atoms with Crippen molar-refractivity contribution in [2.75, 3.05) is 26.2 Å². The summed E-state index contributed by atoms with van der Waals surface area (Å²) in [6.45, 7) is 16.0. The summed E-state index contributed by atoms with van der Waals surface area (Å²) >= 11 is 0. The third kappa shape index (κ3) is 7.25. The van der Waals surface area contributed by atoms with Crippen LogP contribution in [0.4, 0.5) is 0 Å². The standard InChI is InChI=1S/C16H34N2O2/c1-7-12-18(8-2)13-10-11-16(6,17-14(4)5)15(19)20-9-3/h14,17H,7-13H2,1-6H3. The van der Waals surface area contributed by atoms with Gasteiger partial charge in [-0.25, -0.2) is 0 Å². The van der Waals surface area contributed by atoms with Crippen molar-refractivity contribution in [2.45, 2.75) is 72.4 Å². The predicted octanol–water partition coefficient (Wildman–Crippen LogP) is 2.82. The third-order valence-electron chi connectivity index (χ3n) is 3.47. The zero-order valence-electron chi connectivity index (χ0n) is 14.3. The first kappa shape index (κ1) is 19.4. The Morgan fingerprint density at radius 1 is 1.25 bits per heavy atom. The van der Waals surface area contributed by atoms with Gasteiger partial charge in [0.25, 0.3) is 0 Å². The minimum atomic E-state index is -0.574. The van der Waals surface area contributed by atoms with E-state index in [1.807, 2.05) is 13.8 Å². The van der Waals surface area contributed by atoms with E-state index in [2.05, 4.69) is 37.9 Å². The molecule has 0 saturated heterocycles. The molecule has 0 fully saturated rings. The molecule has 0 amide bonds. The first-order valence-electron chi connectivity index (χ1n) is 8.06. The van der Waals surface area contributed by atoms with Gasteiger partial charge in [0.1, 0.15) is 5.54 Å². The summed E-state index contributed by atoms with van der Waals surface area (Å²) in [7, 11) is 0. The Labute approximate surface area is 125 Å². The molecule has 0 aromatic heterocycles. The molecule has 0 spiro atoms. The van der Waals surface area contributed by atoms with E-state index in [0.717, 1.165) is 32.5 Å². The van der Waals surface area contributed by atoms with E-state index < -0.39 is 5.54 Å².